The van der Waals surface area contributed by atoms with E-state index in [-0.39, 0.29) is 16.9 Å². The van der Waals surface area contributed by atoms with Crippen LogP contribution in [0.2, 0.25) is 0 Å². The van der Waals surface area contributed by atoms with Crippen molar-refractivity contribution < 1.29 is 23.2 Å². The first-order chi connectivity index (χ1) is 9.02. The number of carbonyl (C=O) groups excluding carboxylic acids is 1. The van der Waals surface area contributed by atoms with E-state index in [0.29, 0.717) is 5.56 Å². The van der Waals surface area contributed by atoms with Gasteiger partial charge in [-0.2, -0.15) is 0 Å². The number of phenolic OH excluding ortho intramolecular Hbond substituents is 1. The summed E-state index contributed by atoms with van der Waals surface area (Å²) in [5, 5.41) is 9.53. The zero-order chi connectivity index (χ0) is 14.0. The molecule has 2 rings (SSSR count). The lowest BCUT2D eigenvalue weighted by atomic mass is 10.0. The summed E-state index contributed by atoms with van der Waals surface area (Å²) in [6, 6.07) is 7.06. The van der Waals surface area contributed by atoms with Crippen molar-refractivity contribution >= 4 is 15.4 Å². The topological polar surface area (TPSA) is 46.5 Å². The normalized spacial score (nSPS) is 10.3. The Morgan fingerprint density at radius 1 is 1.16 bits per heavy atom. The van der Waals surface area contributed by atoms with Gasteiger partial charge in [0.15, 0.2) is 0 Å². The summed E-state index contributed by atoms with van der Waals surface area (Å²) in [6.45, 7) is 0. The van der Waals surface area contributed by atoms with Gasteiger partial charge >= 0.3 is 5.97 Å². The highest BCUT2D eigenvalue weighted by molar-refractivity contribution is 7.10. The van der Waals surface area contributed by atoms with Crippen LogP contribution in [0.3, 0.4) is 0 Å². The highest BCUT2D eigenvalue weighted by Gasteiger charge is 2.14. The Labute approximate surface area is 110 Å². The van der Waals surface area contributed by atoms with Gasteiger partial charge in [0.1, 0.15) is 22.9 Å². The van der Waals surface area contributed by atoms with Crippen LogP contribution >= 0.6 is 9.47 Å². The van der Waals surface area contributed by atoms with E-state index >= 15 is 0 Å². The summed E-state index contributed by atoms with van der Waals surface area (Å²) >= 11 is 0. The van der Waals surface area contributed by atoms with Crippen molar-refractivity contribution in [1.29, 1.82) is 0 Å². The van der Waals surface area contributed by atoms with Gasteiger partial charge in [0, 0.05) is 11.6 Å². The molecule has 0 saturated carbocycles. The maximum atomic E-state index is 13.6. The average Bonchev–Trinajstić information content (AvgIpc) is 2.39. The Kier molecular flexibility index (Phi) is 3.76. The molecule has 98 valence electrons. The molecule has 0 aromatic heterocycles. The van der Waals surface area contributed by atoms with Crippen molar-refractivity contribution in [2.75, 3.05) is 0 Å². The van der Waals surface area contributed by atoms with Gasteiger partial charge in [-0.1, -0.05) is 6.07 Å². The first kappa shape index (κ1) is 13.4. The molecule has 19 heavy (non-hydrogen) atoms. The smallest absolute Gasteiger partial charge is 0.344 e. The maximum Gasteiger partial charge on any atom is 0.344 e. The van der Waals surface area contributed by atoms with Gasteiger partial charge in [-0.3, -0.25) is 0 Å². The molecule has 2 aromatic carbocycles. The number of rotatable bonds is 2. The van der Waals surface area contributed by atoms with Gasteiger partial charge in [0.2, 0.25) is 0 Å². The summed E-state index contributed by atoms with van der Waals surface area (Å²) in [6.07, 6.45) is 0. The van der Waals surface area contributed by atoms with Crippen LogP contribution in [-0.4, -0.2) is 11.1 Å². The predicted molar refractivity (Wildman–Crippen MR) is 68.6 cm³/mol. The summed E-state index contributed by atoms with van der Waals surface area (Å²) in [5.41, 5.74) is 0.358. The molecule has 1 unspecified atom stereocenters. The number of halogens is 2. The SMILES string of the molecule is O=C(OP)c1cc(-c2ccc(F)cc2F)ccc1O. The van der Waals surface area contributed by atoms with Crippen LogP contribution in [0.25, 0.3) is 11.1 Å². The quantitative estimate of drug-likeness (QED) is 0.860. The lowest BCUT2D eigenvalue weighted by Crippen LogP contribution is -1.99. The number of hydrogen-bond donors (Lipinski definition) is 1. The lowest BCUT2D eigenvalue weighted by Gasteiger charge is -2.07. The van der Waals surface area contributed by atoms with Gasteiger partial charge in [0.05, 0.1) is 9.47 Å². The number of hydrogen-bond acceptors (Lipinski definition) is 3. The highest BCUT2D eigenvalue weighted by Crippen LogP contribution is 2.28. The monoisotopic (exact) mass is 282 g/mol. The Morgan fingerprint density at radius 3 is 2.53 bits per heavy atom. The second-order valence-electron chi connectivity index (χ2n) is 3.76. The van der Waals surface area contributed by atoms with E-state index in [0.717, 1.165) is 12.1 Å². The molecule has 0 amide bonds. The van der Waals surface area contributed by atoms with Crippen molar-refractivity contribution in [3.05, 3.63) is 53.6 Å². The minimum Gasteiger partial charge on any atom is -0.507 e. The summed E-state index contributed by atoms with van der Waals surface area (Å²) in [7, 11) is 1.77. The molecular weight excluding hydrogens is 273 g/mol. The van der Waals surface area contributed by atoms with Crippen molar-refractivity contribution in [1.82, 2.24) is 0 Å². The van der Waals surface area contributed by atoms with Crippen molar-refractivity contribution in [2.24, 2.45) is 0 Å². The molecular formula is C13H9F2O3P. The molecule has 0 aliphatic heterocycles. The fourth-order valence-electron chi connectivity index (χ4n) is 1.65. The summed E-state index contributed by atoms with van der Waals surface area (Å²) in [5.74, 6) is -2.49. The minimum absolute atomic E-state index is 0.101. The predicted octanol–water partition coefficient (Wildman–Crippen LogP) is 3.28. The van der Waals surface area contributed by atoms with Gasteiger partial charge in [0.25, 0.3) is 0 Å². The molecule has 0 fully saturated rings. The molecule has 2 aromatic rings. The van der Waals surface area contributed by atoms with Gasteiger partial charge in [-0.05, 0) is 29.8 Å². The molecule has 0 heterocycles. The average molecular weight is 282 g/mol. The summed E-state index contributed by atoms with van der Waals surface area (Å²) in [4.78, 5) is 11.4. The van der Waals surface area contributed by atoms with E-state index in [1.165, 1.54) is 24.3 Å². The molecule has 0 saturated heterocycles. The first-order valence-corrected chi connectivity index (χ1v) is 5.69. The fraction of sp³-hybridized carbons (Fsp3) is 0. The van der Waals surface area contributed by atoms with Gasteiger partial charge in [-0.15, -0.1) is 0 Å². The molecule has 0 bridgehead atoms. The Balaban J connectivity index is 2.54. The van der Waals surface area contributed by atoms with E-state index in [1.54, 1.807) is 9.47 Å². The van der Waals surface area contributed by atoms with Crippen molar-refractivity contribution in [3.8, 4) is 16.9 Å². The third-order valence-corrected chi connectivity index (χ3v) is 2.78. The molecule has 0 spiro atoms. The van der Waals surface area contributed by atoms with Crippen LogP contribution in [0.5, 0.6) is 5.75 Å². The Hall–Kier alpha value is -2.00. The number of benzene rings is 2. The zero-order valence-electron chi connectivity index (χ0n) is 9.56. The third kappa shape index (κ3) is 2.71. The zero-order valence-corrected chi connectivity index (χ0v) is 10.7. The minimum atomic E-state index is -0.771. The van der Waals surface area contributed by atoms with Crippen LogP contribution in [0.4, 0.5) is 8.78 Å². The van der Waals surface area contributed by atoms with E-state index in [9.17, 15) is 18.7 Å². The number of aromatic hydroxyl groups is 1. The van der Waals surface area contributed by atoms with E-state index in [2.05, 4.69) is 4.52 Å². The van der Waals surface area contributed by atoms with Crippen LogP contribution in [-0.2, 0) is 4.52 Å². The van der Waals surface area contributed by atoms with Gasteiger partial charge < -0.3 is 9.63 Å². The van der Waals surface area contributed by atoms with E-state index in [1.807, 2.05) is 0 Å². The van der Waals surface area contributed by atoms with Crippen LogP contribution in [0.15, 0.2) is 36.4 Å². The molecule has 0 aliphatic carbocycles. The second-order valence-corrected chi connectivity index (χ2v) is 4.00. The Morgan fingerprint density at radius 2 is 1.89 bits per heavy atom. The van der Waals surface area contributed by atoms with Crippen molar-refractivity contribution in [2.45, 2.75) is 0 Å². The summed E-state index contributed by atoms with van der Waals surface area (Å²) < 4.78 is 30.9. The molecule has 0 aliphatic rings. The standard InChI is InChI=1S/C13H9F2O3P/c14-8-2-3-9(11(15)6-8)7-1-4-12(16)10(5-7)13(17)18-19/h1-6,16H,19H2. The molecule has 1 atom stereocenters. The molecule has 6 heteroatoms. The third-order valence-electron chi connectivity index (χ3n) is 2.57. The largest absolute Gasteiger partial charge is 0.507 e. The van der Waals surface area contributed by atoms with Crippen LogP contribution < -0.4 is 0 Å². The molecule has 1 N–H and O–H groups in total. The fourth-order valence-corrected chi connectivity index (χ4v) is 1.78. The van der Waals surface area contributed by atoms with Crippen LogP contribution in [0, 0.1) is 11.6 Å². The lowest BCUT2D eigenvalue weighted by molar-refractivity contribution is 0.0762. The number of carbonyl (C=O) groups is 1. The van der Waals surface area contributed by atoms with Crippen molar-refractivity contribution in [3.63, 3.8) is 0 Å². The second kappa shape index (κ2) is 5.33. The molecule has 3 nitrogen and oxygen atoms in total. The Bertz CT molecular complexity index is 644. The maximum absolute atomic E-state index is 13.6. The van der Waals surface area contributed by atoms with Gasteiger partial charge in [-0.25, -0.2) is 13.6 Å². The van der Waals surface area contributed by atoms with E-state index < -0.39 is 17.6 Å². The number of phenols is 1. The van der Waals surface area contributed by atoms with E-state index in [4.69, 9.17) is 0 Å². The highest BCUT2D eigenvalue weighted by atomic mass is 31.0. The molecule has 0 radical (unpaired) electrons. The first-order valence-electron chi connectivity index (χ1n) is 5.22. The van der Waals surface area contributed by atoms with Crippen LogP contribution in [0.1, 0.15) is 10.4 Å².